The van der Waals surface area contributed by atoms with Crippen LogP contribution in [0.4, 0.5) is 5.69 Å². The summed E-state index contributed by atoms with van der Waals surface area (Å²) in [5.74, 6) is 1.79. The second-order valence-electron chi connectivity index (χ2n) is 5.79. The van der Waals surface area contributed by atoms with Crippen LogP contribution in [0.1, 0.15) is 12.5 Å². The Hall–Kier alpha value is -2.33. The first-order chi connectivity index (χ1) is 13.5. The van der Waals surface area contributed by atoms with E-state index in [0.717, 1.165) is 9.13 Å². The number of anilines is 1. The molecule has 1 aliphatic heterocycles. The third-order valence-corrected chi connectivity index (χ3v) is 5.14. The number of carbonyl (C=O) groups is 1. The van der Waals surface area contributed by atoms with Crippen LogP contribution in [-0.4, -0.2) is 31.8 Å². The van der Waals surface area contributed by atoms with Crippen molar-refractivity contribution in [2.24, 2.45) is 0 Å². The lowest BCUT2D eigenvalue weighted by Gasteiger charge is -2.14. The Balaban J connectivity index is 1.93. The average Bonchev–Trinajstić information content (AvgIpc) is 2.95. The van der Waals surface area contributed by atoms with Gasteiger partial charge in [0.15, 0.2) is 16.6 Å². The van der Waals surface area contributed by atoms with Gasteiger partial charge in [0.25, 0.3) is 5.91 Å². The summed E-state index contributed by atoms with van der Waals surface area (Å²) in [6.07, 6.45) is 1.75. The molecule has 0 spiro atoms. The Labute approximate surface area is 182 Å². The van der Waals surface area contributed by atoms with Crippen LogP contribution in [0.2, 0.25) is 0 Å². The standard InChI is InChI=1S/C20H19IN2O4S/c1-4-27-17-11-12(9-15(21)18(17)26-3)10-16-19(24)23(20(28)22-16)13-5-7-14(25-2)8-6-13/h5-11H,4H2,1-3H3,(H,22,28)/b16-10-. The summed E-state index contributed by atoms with van der Waals surface area (Å²) in [5.41, 5.74) is 1.87. The number of halogens is 1. The highest BCUT2D eigenvalue weighted by Crippen LogP contribution is 2.35. The van der Waals surface area contributed by atoms with E-state index in [1.807, 2.05) is 19.1 Å². The molecule has 0 radical (unpaired) electrons. The molecule has 1 amide bonds. The van der Waals surface area contributed by atoms with E-state index >= 15 is 0 Å². The van der Waals surface area contributed by atoms with E-state index in [4.69, 9.17) is 26.4 Å². The van der Waals surface area contributed by atoms with E-state index in [2.05, 4.69) is 27.9 Å². The van der Waals surface area contributed by atoms with Gasteiger partial charge in [0.2, 0.25) is 0 Å². The zero-order valence-corrected chi connectivity index (χ0v) is 18.6. The van der Waals surface area contributed by atoms with Crippen molar-refractivity contribution in [3.63, 3.8) is 0 Å². The van der Waals surface area contributed by atoms with E-state index in [0.29, 0.717) is 40.4 Å². The van der Waals surface area contributed by atoms with Crippen molar-refractivity contribution < 1.29 is 19.0 Å². The van der Waals surface area contributed by atoms with Crippen LogP contribution in [0.15, 0.2) is 42.1 Å². The summed E-state index contributed by atoms with van der Waals surface area (Å²) in [6, 6.07) is 10.9. The zero-order chi connectivity index (χ0) is 20.3. The van der Waals surface area contributed by atoms with Gasteiger partial charge in [-0.15, -0.1) is 0 Å². The first-order valence-corrected chi connectivity index (χ1v) is 9.98. The van der Waals surface area contributed by atoms with Crippen LogP contribution < -0.4 is 24.4 Å². The molecule has 1 aliphatic rings. The van der Waals surface area contributed by atoms with Crippen molar-refractivity contribution in [1.29, 1.82) is 0 Å². The topological polar surface area (TPSA) is 60.0 Å². The zero-order valence-electron chi connectivity index (χ0n) is 15.6. The van der Waals surface area contributed by atoms with Gasteiger partial charge in [-0.25, -0.2) is 0 Å². The number of methoxy groups -OCH3 is 2. The van der Waals surface area contributed by atoms with Crippen molar-refractivity contribution in [2.45, 2.75) is 6.92 Å². The molecule has 8 heteroatoms. The minimum absolute atomic E-state index is 0.223. The van der Waals surface area contributed by atoms with E-state index in [-0.39, 0.29) is 5.91 Å². The number of hydrogen-bond acceptors (Lipinski definition) is 5. The van der Waals surface area contributed by atoms with Gasteiger partial charge < -0.3 is 19.5 Å². The van der Waals surface area contributed by atoms with E-state index in [1.165, 1.54) is 4.90 Å². The Morgan fingerprint density at radius 3 is 2.50 bits per heavy atom. The van der Waals surface area contributed by atoms with Crippen LogP contribution in [0.5, 0.6) is 17.2 Å². The number of nitrogens with zero attached hydrogens (tertiary/aromatic N) is 1. The molecule has 0 saturated carbocycles. The van der Waals surface area contributed by atoms with Crippen LogP contribution in [-0.2, 0) is 4.79 Å². The van der Waals surface area contributed by atoms with Gasteiger partial charge in [0, 0.05) is 0 Å². The van der Waals surface area contributed by atoms with Crippen molar-refractivity contribution in [3.05, 3.63) is 51.2 Å². The maximum absolute atomic E-state index is 12.9. The normalized spacial score (nSPS) is 15.0. The first-order valence-electron chi connectivity index (χ1n) is 8.50. The fourth-order valence-electron chi connectivity index (χ4n) is 2.80. The number of amides is 1. The molecular weight excluding hydrogens is 491 g/mol. The lowest BCUT2D eigenvalue weighted by Crippen LogP contribution is -2.30. The van der Waals surface area contributed by atoms with Crippen LogP contribution in [0.3, 0.4) is 0 Å². The summed E-state index contributed by atoms with van der Waals surface area (Å²) < 4.78 is 17.1. The van der Waals surface area contributed by atoms with Crippen molar-refractivity contribution >= 4 is 57.6 Å². The molecule has 146 valence electrons. The molecule has 6 nitrogen and oxygen atoms in total. The third-order valence-electron chi connectivity index (χ3n) is 4.06. The lowest BCUT2D eigenvalue weighted by atomic mass is 10.1. The molecule has 3 rings (SSSR count). The molecule has 0 aliphatic carbocycles. The summed E-state index contributed by atoms with van der Waals surface area (Å²) in [7, 11) is 3.20. The van der Waals surface area contributed by atoms with Crippen molar-refractivity contribution in [1.82, 2.24) is 5.32 Å². The molecule has 1 fully saturated rings. The van der Waals surface area contributed by atoms with Gasteiger partial charge in [-0.1, -0.05) is 0 Å². The highest BCUT2D eigenvalue weighted by molar-refractivity contribution is 14.1. The number of rotatable bonds is 6. The second kappa shape index (κ2) is 8.78. The summed E-state index contributed by atoms with van der Waals surface area (Å²) >= 11 is 7.54. The minimum Gasteiger partial charge on any atom is -0.497 e. The van der Waals surface area contributed by atoms with Gasteiger partial charge in [-0.2, -0.15) is 0 Å². The largest absolute Gasteiger partial charge is 0.497 e. The molecule has 1 N–H and O–H groups in total. The number of benzene rings is 2. The van der Waals surface area contributed by atoms with Gasteiger partial charge in [0.05, 0.1) is 30.1 Å². The summed E-state index contributed by atoms with van der Waals surface area (Å²) in [4.78, 5) is 14.4. The first kappa shape index (κ1) is 20.4. The van der Waals surface area contributed by atoms with Gasteiger partial charge >= 0.3 is 0 Å². The third kappa shape index (κ3) is 4.07. The van der Waals surface area contributed by atoms with Gasteiger partial charge in [0.1, 0.15) is 11.4 Å². The Bertz CT molecular complexity index is 944. The molecular formula is C20H19IN2O4S. The van der Waals surface area contributed by atoms with Crippen molar-refractivity contribution in [3.8, 4) is 17.2 Å². The quantitative estimate of drug-likeness (QED) is 0.361. The molecule has 0 atom stereocenters. The monoisotopic (exact) mass is 510 g/mol. The number of nitrogens with one attached hydrogen (secondary N) is 1. The SMILES string of the molecule is CCOc1cc(/C=C2\NC(=S)N(c3ccc(OC)cc3)C2=O)cc(I)c1OC. The number of thiocarbonyl (C=S) groups is 1. The predicted molar refractivity (Wildman–Crippen MR) is 121 cm³/mol. The Kier molecular flexibility index (Phi) is 6.40. The maximum atomic E-state index is 12.9. The predicted octanol–water partition coefficient (Wildman–Crippen LogP) is 3.97. The van der Waals surface area contributed by atoms with Crippen LogP contribution in [0.25, 0.3) is 6.08 Å². The fraction of sp³-hybridized carbons (Fsp3) is 0.200. The average molecular weight is 510 g/mol. The lowest BCUT2D eigenvalue weighted by molar-refractivity contribution is -0.113. The molecule has 0 bridgehead atoms. The van der Waals surface area contributed by atoms with Crippen molar-refractivity contribution in [2.75, 3.05) is 25.7 Å². The molecule has 0 aromatic heterocycles. The van der Waals surface area contributed by atoms with E-state index in [9.17, 15) is 4.79 Å². The highest BCUT2D eigenvalue weighted by Gasteiger charge is 2.32. The van der Waals surface area contributed by atoms with E-state index in [1.54, 1.807) is 44.6 Å². The smallest absolute Gasteiger partial charge is 0.281 e. The molecule has 1 saturated heterocycles. The summed E-state index contributed by atoms with van der Waals surface area (Å²) in [6.45, 7) is 2.42. The maximum Gasteiger partial charge on any atom is 0.281 e. The Morgan fingerprint density at radius 2 is 1.89 bits per heavy atom. The molecule has 1 heterocycles. The number of hydrogen-bond donors (Lipinski definition) is 1. The second-order valence-corrected chi connectivity index (χ2v) is 7.34. The van der Waals surface area contributed by atoms with Crippen LogP contribution in [0, 0.1) is 3.57 Å². The highest BCUT2D eigenvalue weighted by atomic mass is 127. The summed E-state index contributed by atoms with van der Waals surface area (Å²) in [5, 5.41) is 3.32. The molecule has 2 aromatic rings. The van der Waals surface area contributed by atoms with Crippen LogP contribution >= 0.6 is 34.8 Å². The number of carbonyl (C=O) groups excluding carboxylic acids is 1. The minimum atomic E-state index is -0.223. The fourth-order valence-corrected chi connectivity index (χ4v) is 3.94. The Morgan fingerprint density at radius 1 is 1.18 bits per heavy atom. The van der Waals surface area contributed by atoms with E-state index < -0.39 is 0 Å². The molecule has 28 heavy (non-hydrogen) atoms. The van der Waals surface area contributed by atoms with Gasteiger partial charge in [-0.05, 0) is 89.8 Å². The van der Waals surface area contributed by atoms with Gasteiger partial charge in [-0.3, -0.25) is 9.69 Å². The molecule has 0 unspecified atom stereocenters. The molecule has 2 aromatic carbocycles. The number of ether oxygens (including phenoxy) is 3.